The van der Waals surface area contributed by atoms with Crippen LogP contribution in [0.15, 0.2) is 23.0 Å². The Balaban J connectivity index is 1.62. The average Bonchev–Trinajstić information content (AvgIpc) is 2.88. The minimum Gasteiger partial charge on any atom is -0.348 e. The molecule has 0 spiro atoms. The molecule has 1 aromatic heterocycles. The Morgan fingerprint density at radius 2 is 2.15 bits per heavy atom. The van der Waals surface area contributed by atoms with E-state index in [2.05, 4.69) is 15.7 Å². The number of nitrogens with one attached hydrogen (secondary N) is 1. The number of hydrogen-bond acceptors (Lipinski definition) is 4. The molecule has 0 radical (unpaired) electrons. The van der Waals surface area contributed by atoms with Crippen molar-refractivity contribution in [2.75, 3.05) is 0 Å². The Hall–Kier alpha value is -2.29. The molecule has 1 atom stereocenters. The first kappa shape index (κ1) is 18.5. The topological polar surface area (TPSA) is 81.8 Å². The lowest BCUT2D eigenvalue weighted by atomic mass is 9.79. The van der Waals surface area contributed by atoms with E-state index in [1.54, 1.807) is 13.0 Å². The van der Waals surface area contributed by atoms with Crippen LogP contribution < -0.4 is 11.0 Å². The van der Waals surface area contributed by atoms with Gasteiger partial charge in [-0.25, -0.2) is 13.6 Å². The van der Waals surface area contributed by atoms with Crippen molar-refractivity contribution in [3.8, 4) is 0 Å². The van der Waals surface area contributed by atoms with E-state index in [1.165, 1.54) is 19.1 Å². The molecule has 2 aromatic rings. The van der Waals surface area contributed by atoms with Gasteiger partial charge in [0, 0.05) is 12.8 Å². The summed E-state index contributed by atoms with van der Waals surface area (Å²) in [6.07, 6.45) is 0.383. The van der Waals surface area contributed by atoms with Gasteiger partial charge in [-0.3, -0.25) is 4.79 Å². The SMILES string of the molecule is C[C@H](NC(=O)Cn1nnn(C2CC(C)(F)C2)c1=O)c1ccc(Cl)c(F)c1. The third-order valence-corrected chi connectivity index (χ3v) is 4.75. The lowest BCUT2D eigenvalue weighted by Crippen LogP contribution is -2.43. The second-order valence-electron chi connectivity index (χ2n) is 6.80. The highest BCUT2D eigenvalue weighted by Gasteiger charge is 2.43. The van der Waals surface area contributed by atoms with Crippen LogP contribution in [0.3, 0.4) is 0 Å². The van der Waals surface area contributed by atoms with Crippen LogP contribution >= 0.6 is 11.6 Å². The molecule has 10 heteroatoms. The van der Waals surface area contributed by atoms with Crippen LogP contribution in [0.2, 0.25) is 5.02 Å². The predicted octanol–water partition coefficient (Wildman–Crippen LogP) is 2.17. The molecule has 1 aromatic carbocycles. The summed E-state index contributed by atoms with van der Waals surface area (Å²) in [6.45, 7) is 2.81. The lowest BCUT2D eigenvalue weighted by Gasteiger charge is -2.37. The highest BCUT2D eigenvalue weighted by atomic mass is 35.5. The molecule has 1 fully saturated rings. The summed E-state index contributed by atoms with van der Waals surface area (Å²) < 4.78 is 29.1. The predicted molar refractivity (Wildman–Crippen MR) is 90.0 cm³/mol. The third-order valence-electron chi connectivity index (χ3n) is 4.44. The number of rotatable bonds is 5. The monoisotopic (exact) mass is 385 g/mol. The molecule has 1 heterocycles. The highest BCUT2D eigenvalue weighted by molar-refractivity contribution is 6.30. The van der Waals surface area contributed by atoms with Crippen LogP contribution in [0.4, 0.5) is 8.78 Å². The Morgan fingerprint density at radius 3 is 2.77 bits per heavy atom. The van der Waals surface area contributed by atoms with Gasteiger partial charge in [0.1, 0.15) is 18.0 Å². The Morgan fingerprint density at radius 1 is 1.46 bits per heavy atom. The maximum atomic E-state index is 13.6. The van der Waals surface area contributed by atoms with Crippen LogP contribution in [0.5, 0.6) is 0 Å². The standard InChI is InChI=1S/C16H18ClF2N5O2/c1-9(10-3-4-12(17)13(18)5-10)20-14(25)8-23-15(26)24(22-21-23)11-6-16(2,19)7-11/h3-5,9,11H,6-8H2,1-2H3,(H,20,25)/t9-,11?,16?/m0/s1. The van der Waals surface area contributed by atoms with Gasteiger partial charge in [-0.15, -0.1) is 0 Å². The molecule has 26 heavy (non-hydrogen) atoms. The van der Waals surface area contributed by atoms with Crippen molar-refractivity contribution in [3.63, 3.8) is 0 Å². The average molecular weight is 386 g/mol. The van der Waals surface area contributed by atoms with Crippen LogP contribution in [0, 0.1) is 5.82 Å². The normalized spacial score (nSPS) is 23.3. The molecule has 1 aliphatic rings. The molecule has 0 unspecified atom stereocenters. The molecule has 1 aliphatic carbocycles. The summed E-state index contributed by atoms with van der Waals surface area (Å²) >= 11 is 5.64. The number of hydrogen-bond donors (Lipinski definition) is 1. The van der Waals surface area contributed by atoms with Gasteiger partial charge in [0.15, 0.2) is 0 Å². The van der Waals surface area contributed by atoms with E-state index in [4.69, 9.17) is 11.6 Å². The van der Waals surface area contributed by atoms with Crippen molar-refractivity contribution < 1.29 is 13.6 Å². The zero-order valence-electron chi connectivity index (χ0n) is 14.2. The van der Waals surface area contributed by atoms with Crippen LogP contribution in [0.25, 0.3) is 0 Å². The number of nitrogens with zero attached hydrogens (tertiary/aromatic N) is 4. The second-order valence-corrected chi connectivity index (χ2v) is 7.21. The molecule has 1 amide bonds. The van der Waals surface area contributed by atoms with E-state index in [1.807, 2.05) is 0 Å². The van der Waals surface area contributed by atoms with E-state index in [0.717, 1.165) is 9.36 Å². The molecule has 1 saturated carbocycles. The number of aromatic nitrogens is 4. The summed E-state index contributed by atoms with van der Waals surface area (Å²) in [4.78, 5) is 24.4. The van der Waals surface area contributed by atoms with E-state index in [-0.39, 0.29) is 30.5 Å². The van der Waals surface area contributed by atoms with Gasteiger partial charge < -0.3 is 5.32 Å². The zero-order valence-corrected chi connectivity index (χ0v) is 15.0. The maximum Gasteiger partial charge on any atom is 0.364 e. The van der Waals surface area contributed by atoms with Crippen LogP contribution in [-0.4, -0.2) is 31.4 Å². The van der Waals surface area contributed by atoms with E-state index < -0.39 is 29.1 Å². The molecule has 0 bridgehead atoms. The third kappa shape index (κ3) is 3.77. The van der Waals surface area contributed by atoms with Crippen molar-refractivity contribution in [3.05, 3.63) is 45.1 Å². The largest absolute Gasteiger partial charge is 0.364 e. The van der Waals surface area contributed by atoms with Crippen LogP contribution in [-0.2, 0) is 11.3 Å². The number of alkyl halides is 1. The molecular formula is C16H18ClF2N5O2. The maximum absolute atomic E-state index is 13.6. The molecular weight excluding hydrogens is 368 g/mol. The number of amides is 1. The number of carbonyl (C=O) groups is 1. The molecule has 140 valence electrons. The van der Waals surface area contributed by atoms with Crippen molar-refractivity contribution in [1.82, 2.24) is 25.1 Å². The van der Waals surface area contributed by atoms with Crippen molar-refractivity contribution in [2.24, 2.45) is 0 Å². The fraction of sp³-hybridized carbons (Fsp3) is 0.500. The van der Waals surface area contributed by atoms with Crippen molar-refractivity contribution >= 4 is 17.5 Å². The van der Waals surface area contributed by atoms with Gasteiger partial charge in [-0.05, 0) is 42.0 Å². The first-order valence-corrected chi connectivity index (χ1v) is 8.49. The van der Waals surface area contributed by atoms with E-state index in [9.17, 15) is 18.4 Å². The summed E-state index contributed by atoms with van der Waals surface area (Å²) in [5.74, 6) is -1.06. The van der Waals surface area contributed by atoms with Gasteiger partial charge >= 0.3 is 5.69 Å². The minimum atomic E-state index is -1.30. The lowest BCUT2D eigenvalue weighted by molar-refractivity contribution is -0.122. The zero-order chi connectivity index (χ0) is 19.1. The van der Waals surface area contributed by atoms with E-state index in [0.29, 0.717) is 5.56 Å². The summed E-state index contributed by atoms with van der Waals surface area (Å²) in [5, 5.41) is 10.0. The number of benzene rings is 1. The number of halogens is 3. The second kappa shape index (κ2) is 6.79. The van der Waals surface area contributed by atoms with Crippen LogP contribution in [0.1, 0.15) is 44.3 Å². The van der Waals surface area contributed by atoms with Gasteiger partial charge in [0.05, 0.1) is 17.1 Å². The molecule has 1 N–H and O–H groups in total. The Kier molecular flexibility index (Phi) is 4.83. The highest BCUT2D eigenvalue weighted by Crippen LogP contribution is 2.42. The van der Waals surface area contributed by atoms with Gasteiger partial charge in [0.25, 0.3) is 0 Å². The minimum absolute atomic E-state index is 0.00388. The molecule has 0 saturated heterocycles. The summed E-state index contributed by atoms with van der Waals surface area (Å²) in [6, 6.07) is 3.41. The quantitative estimate of drug-likeness (QED) is 0.855. The fourth-order valence-electron chi connectivity index (χ4n) is 3.00. The van der Waals surface area contributed by atoms with E-state index >= 15 is 0 Å². The van der Waals surface area contributed by atoms with Gasteiger partial charge in [0.2, 0.25) is 5.91 Å². The summed E-state index contributed by atoms with van der Waals surface area (Å²) in [7, 11) is 0. The van der Waals surface area contributed by atoms with Crippen molar-refractivity contribution in [1.29, 1.82) is 0 Å². The Bertz CT molecular complexity index is 887. The first-order valence-electron chi connectivity index (χ1n) is 8.12. The van der Waals surface area contributed by atoms with Gasteiger partial charge in [-0.2, -0.15) is 9.36 Å². The smallest absolute Gasteiger partial charge is 0.348 e. The number of carbonyl (C=O) groups excluding carboxylic acids is 1. The fourth-order valence-corrected chi connectivity index (χ4v) is 3.12. The first-order chi connectivity index (χ1) is 12.2. The molecule has 3 rings (SSSR count). The van der Waals surface area contributed by atoms with Gasteiger partial charge in [-0.1, -0.05) is 17.7 Å². The molecule has 7 nitrogen and oxygen atoms in total. The summed E-state index contributed by atoms with van der Waals surface area (Å²) in [5.41, 5.74) is -1.33. The number of tetrazole rings is 1. The molecule has 0 aliphatic heterocycles. The van der Waals surface area contributed by atoms with Crippen molar-refractivity contribution in [2.45, 2.75) is 51.0 Å². The Labute approximate surface area is 152 Å².